The molecular weight excluding hydrogens is 224 g/mol. The molecule has 0 aliphatic carbocycles. The number of rotatable bonds is 8. The van der Waals surface area contributed by atoms with Crippen molar-refractivity contribution < 1.29 is 4.42 Å². The van der Waals surface area contributed by atoms with Crippen LogP contribution in [0.2, 0.25) is 0 Å². The van der Waals surface area contributed by atoms with Gasteiger partial charge in [-0.1, -0.05) is 34.6 Å². The summed E-state index contributed by atoms with van der Waals surface area (Å²) in [6.45, 7) is 15.0. The van der Waals surface area contributed by atoms with Gasteiger partial charge in [0.1, 0.15) is 5.76 Å². The zero-order chi connectivity index (χ0) is 13.5. The molecule has 0 saturated heterocycles. The topological polar surface area (TPSA) is 28.4 Å². The highest BCUT2D eigenvalue weighted by molar-refractivity contribution is 5.16. The molecule has 1 N–H and O–H groups in total. The van der Waals surface area contributed by atoms with Crippen molar-refractivity contribution in [2.24, 2.45) is 5.92 Å². The van der Waals surface area contributed by atoms with E-state index in [1.54, 1.807) is 6.26 Å². The molecule has 104 valence electrons. The molecule has 0 aromatic carbocycles. The lowest BCUT2D eigenvalue weighted by molar-refractivity contribution is 0.228. The van der Waals surface area contributed by atoms with Crippen molar-refractivity contribution in [2.45, 2.75) is 53.8 Å². The number of hydrogen-bond donors (Lipinski definition) is 1. The van der Waals surface area contributed by atoms with E-state index >= 15 is 0 Å². The summed E-state index contributed by atoms with van der Waals surface area (Å²) in [5, 5.41) is 3.44. The predicted molar refractivity (Wildman–Crippen MR) is 76.5 cm³/mol. The number of nitrogens with zero attached hydrogens (tertiary/aromatic N) is 1. The largest absolute Gasteiger partial charge is 0.468 e. The Morgan fingerprint density at radius 1 is 1.28 bits per heavy atom. The van der Waals surface area contributed by atoms with Gasteiger partial charge in [0.25, 0.3) is 0 Å². The Morgan fingerprint density at radius 2 is 2.00 bits per heavy atom. The van der Waals surface area contributed by atoms with Gasteiger partial charge < -0.3 is 9.73 Å². The van der Waals surface area contributed by atoms with Gasteiger partial charge in [0.15, 0.2) is 0 Å². The maximum atomic E-state index is 5.63. The van der Waals surface area contributed by atoms with Crippen LogP contribution in [0.4, 0.5) is 0 Å². The van der Waals surface area contributed by atoms with Crippen molar-refractivity contribution in [3.63, 3.8) is 0 Å². The highest BCUT2D eigenvalue weighted by Gasteiger charge is 2.12. The van der Waals surface area contributed by atoms with E-state index in [1.807, 2.05) is 0 Å². The Kier molecular flexibility index (Phi) is 6.44. The number of nitrogens with one attached hydrogen (secondary N) is 1. The molecular formula is C15H28N2O. The van der Waals surface area contributed by atoms with Gasteiger partial charge in [-0.05, 0) is 18.5 Å². The lowest BCUT2D eigenvalue weighted by Crippen LogP contribution is -2.28. The van der Waals surface area contributed by atoms with Crippen molar-refractivity contribution in [3.05, 3.63) is 23.7 Å². The lowest BCUT2D eigenvalue weighted by Gasteiger charge is -2.22. The van der Waals surface area contributed by atoms with Gasteiger partial charge >= 0.3 is 0 Å². The third-order valence-corrected chi connectivity index (χ3v) is 2.98. The van der Waals surface area contributed by atoms with Crippen LogP contribution in [0.15, 0.2) is 16.7 Å². The fraction of sp³-hybridized carbons (Fsp3) is 0.733. The highest BCUT2D eigenvalue weighted by Crippen LogP contribution is 2.14. The minimum atomic E-state index is 0.505. The van der Waals surface area contributed by atoms with E-state index in [0.717, 1.165) is 31.9 Å². The number of furan rings is 1. The molecule has 0 fully saturated rings. The van der Waals surface area contributed by atoms with Crippen LogP contribution in [-0.4, -0.2) is 24.0 Å². The Bertz CT molecular complexity index is 331. The van der Waals surface area contributed by atoms with E-state index in [4.69, 9.17) is 4.42 Å². The average Bonchev–Trinajstić information content (AvgIpc) is 2.72. The molecule has 1 heterocycles. The predicted octanol–water partition coefficient (Wildman–Crippen LogP) is 3.26. The van der Waals surface area contributed by atoms with Gasteiger partial charge in [0.2, 0.25) is 0 Å². The summed E-state index contributed by atoms with van der Waals surface area (Å²) >= 11 is 0. The second-order valence-electron chi connectivity index (χ2n) is 5.63. The maximum absolute atomic E-state index is 5.63. The molecule has 0 aliphatic heterocycles. The fourth-order valence-electron chi connectivity index (χ4n) is 2.00. The van der Waals surface area contributed by atoms with Gasteiger partial charge in [-0.15, -0.1) is 0 Å². The van der Waals surface area contributed by atoms with Crippen molar-refractivity contribution in [1.29, 1.82) is 0 Å². The summed E-state index contributed by atoms with van der Waals surface area (Å²) in [6.07, 6.45) is 1.80. The van der Waals surface area contributed by atoms with Crippen LogP contribution in [0.3, 0.4) is 0 Å². The van der Waals surface area contributed by atoms with E-state index < -0.39 is 0 Å². The molecule has 0 atom stereocenters. The van der Waals surface area contributed by atoms with Crippen LogP contribution in [-0.2, 0) is 13.1 Å². The zero-order valence-electron chi connectivity index (χ0n) is 12.5. The smallest absolute Gasteiger partial charge is 0.122 e. The first-order valence-electron chi connectivity index (χ1n) is 7.03. The van der Waals surface area contributed by atoms with Gasteiger partial charge in [0.05, 0.1) is 12.8 Å². The molecule has 0 amide bonds. The minimum Gasteiger partial charge on any atom is -0.468 e. The van der Waals surface area contributed by atoms with Crippen LogP contribution in [0.1, 0.15) is 45.9 Å². The molecule has 3 heteroatoms. The van der Waals surface area contributed by atoms with Crippen molar-refractivity contribution >= 4 is 0 Å². The van der Waals surface area contributed by atoms with Crippen LogP contribution in [0, 0.1) is 5.92 Å². The maximum Gasteiger partial charge on any atom is 0.122 e. The molecule has 18 heavy (non-hydrogen) atoms. The zero-order valence-corrected chi connectivity index (χ0v) is 12.5. The first-order valence-corrected chi connectivity index (χ1v) is 7.03. The molecule has 0 bridgehead atoms. The normalized spacial score (nSPS) is 12.0. The van der Waals surface area contributed by atoms with Gasteiger partial charge in [-0.3, -0.25) is 4.90 Å². The molecule has 0 aliphatic rings. The standard InChI is InChI=1S/C15H28N2O/c1-6-17(10-12(2)3)11-15-14(7-8-18-15)9-16-13(4)5/h7-8,12-13,16H,6,9-11H2,1-5H3. The summed E-state index contributed by atoms with van der Waals surface area (Å²) in [4.78, 5) is 2.43. The van der Waals surface area contributed by atoms with Crippen LogP contribution in [0.5, 0.6) is 0 Å². The molecule has 3 nitrogen and oxygen atoms in total. The summed E-state index contributed by atoms with van der Waals surface area (Å²) in [5.41, 5.74) is 1.28. The Hall–Kier alpha value is -0.800. The van der Waals surface area contributed by atoms with Gasteiger partial charge in [0, 0.05) is 24.7 Å². The third-order valence-electron chi connectivity index (χ3n) is 2.98. The monoisotopic (exact) mass is 252 g/mol. The minimum absolute atomic E-state index is 0.505. The quantitative estimate of drug-likeness (QED) is 0.770. The lowest BCUT2D eigenvalue weighted by atomic mass is 10.2. The molecule has 1 aromatic rings. The Balaban J connectivity index is 2.57. The SMILES string of the molecule is CCN(Cc1occc1CNC(C)C)CC(C)C. The van der Waals surface area contributed by atoms with Crippen molar-refractivity contribution in [1.82, 2.24) is 10.2 Å². The van der Waals surface area contributed by atoms with Crippen molar-refractivity contribution in [2.75, 3.05) is 13.1 Å². The van der Waals surface area contributed by atoms with E-state index in [0.29, 0.717) is 12.0 Å². The van der Waals surface area contributed by atoms with Gasteiger partial charge in [-0.2, -0.15) is 0 Å². The van der Waals surface area contributed by atoms with Crippen LogP contribution >= 0.6 is 0 Å². The van der Waals surface area contributed by atoms with Gasteiger partial charge in [-0.25, -0.2) is 0 Å². The molecule has 1 aromatic heterocycles. The fourth-order valence-corrected chi connectivity index (χ4v) is 2.00. The first-order chi connectivity index (χ1) is 8.52. The van der Waals surface area contributed by atoms with E-state index in [9.17, 15) is 0 Å². The second kappa shape index (κ2) is 7.59. The van der Waals surface area contributed by atoms with E-state index in [1.165, 1.54) is 5.56 Å². The summed E-state index contributed by atoms with van der Waals surface area (Å²) in [5.74, 6) is 1.79. The Labute approximate surface area is 112 Å². The van der Waals surface area contributed by atoms with E-state index in [2.05, 4.69) is 50.9 Å². The van der Waals surface area contributed by atoms with Crippen LogP contribution in [0.25, 0.3) is 0 Å². The molecule has 0 spiro atoms. The number of hydrogen-bond acceptors (Lipinski definition) is 3. The summed E-state index contributed by atoms with van der Waals surface area (Å²) in [6, 6.07) is 2.58. The Morgan fingerprint density at radius 3 is 2.56 bits per heavy atom. The summed E-state index contributed by atoms with van der Waals surface area (Å²) < 4.78 is 5.63. The molecule has 1 rings (SSSR count). The first kappa shape index (κ1) is 15.3. The molecule has 0 radical (unpaired) electrons. The molecule has 0 unspecified atom stereocenters. The highest BCUT2D eigenvalue weighted by atomic mass is 16.3. The second-order valence-corrected chi connectivity index (χ2v) is 5.63. The average molecular weight is 252 g/mol. The van der Waals surface area contributed by atoms with Crippen LogP contribution < -0.4 is 5.32 Å². The third kappa shape index (κ3) is 5.23. The van der Waals surface area contributed by atoms with E-state index in [-0.39, 0.29) is 0 Å². The summed E-state index contributed by atoms with van der Waals surface area (Å²) in [7, 11) is 0. The van der Waals surface area contributed by atoms with Crippen molar-refractivity contribution in [3.8, 4) is 0 Å². The molecule has 0 saturated carbocycles.